The zero-order chi connectivity index (χ0) is 24.9. The molecule has 0 bridgehead atoms. The first-order chi connectivity index (χ1) is 16.1. The van der Waals surface area contributed by atoms with Gasteiger partial charge in [-0.1, -0.05) is 37.3 Å². The average molecular weight is 474 g/mol. The van der Waals surface area contributed by atoms with Crippen molar-refractivity contribution in [2.45, 2.75) is 25.6 Å². The van der Waals surface area contributed by atoms with Crippen molar-refractivity contribution in [3.8, 4) is 5.69 Å². The van der Waals surface area contributed by atoms with Crippen molar-refractivity contribution in [2.75, 3.05) is 13.1 Å². The second kappa shape index (κ2) is 10.3. The van der Waals surface area contributed by atoms with E-state index in [0.29, 0.717) is 16.6 Å². The Morgan fingerprint density at radius 2 is 1.85 bits per heavy atom. The van der Waals surface area contributed by atoms with Crippen LogP contribution in [0.1, 0.15) is 19.4 Å². The first kappa shape index (κ1) is 25.2. The van der Waals surface area contributed by atoms with E-state index in [1.54, 1.807) is 12.3 Å². The minimum absolute atomic E-state index is 0.0185. The SMILES string of the molecule is C=CCN(/C=C\C(C)/C=C\C)CC(O)(c1ccc2c(cnn2-c2ccc(F)cc2)c1)C(F)(F)F. The quantitative estimate of drug-likeness (QED) is 0.300. The molecule has 0 aliphatic rings. The molecule has 0 spiro atoms. The largest absolute Gasteiger partial charge is 0.423 e. The van der Waals surface area contributed by atoms with E-state index in [0.717, 1.165) is 0 Å². The summed E-state index contributed by atoms with van der Waals surface area (Å²) in [6.45, 7) is 6.81. The van der Waals surface area contributed by atoms with Crippen molar-refractivity contribution in [3.05, 3.63) is 97.1 Å². The van der Waals surface area contributed by atoms with Crippen molar-refractivity contribution in [2.24, 2.45) is 5.92 Å². The van der Waals surface area contributed by atoms with Crippen LogP contribution in [-0.4, -0.2) is 39.1 Å². The molecule has 0 aliphatic heterocycles. The van der Waals surface area contributed by atoms with E-state index >= 15 is 0 Å². The van der Waals surface area contributed by atoms with Gasteiger partial charge in [0.2, 0.25) is 5.60 Å². The number of nitrogens with zero attached hydrogens (tertiary/aromatic N) is 3. The van der Waals surface area contributed by atoms with E-state index in [9.17, 15) is 22.7 Å². The number of fused-ring (bicyclic) bond motifs is 1. The van der Waals surface area contributed by atoms with Gasteiger partial charge >= 0.3 is 6.18 Å². The predicted octanol–water partition coefficient (Wildman–Crippen LogP) is 6.13. The molecule has 3 aromatic rings. The molecule has 0 saturated carbocycles. The Balaban J connectivity index is 2.00. The molecular formula is C26H27F4N3O. The highest BCUT2D eigenvalue weighted by Gasteiger charge is 2.55. The average Bonchev–Trinajstić information content (AvgIpc) is 3.21. The third-order valence-corrected chi connectivity index (χ3v) is 5.48. The van der Waals surface area contributed by atoms with Crippen LogP contribution in [0.2, 0.25) is 0 Å². The molecule has 2 atom stereocenters. The molecule has 4 nitrogen and oxygen atoms in total. The third-order valence-electron chi connectivity index (χ3n) is 5.48. The lowest BCUT2D eigenvalue weighted by molar-refractivity contribution is -0.269. The monoisotopic (exact) mass is 473 g/mol. The minimum atomic E-state index is -4.93. The normalized spacial score (nSPS) is 15.1. The maximum Gasteiger partial charge on any atom is 0.423 e. The van der Waals surface area contributed by atoms with Gasteiger partial charge in [0.15, 0.2) is 0 Å². The van der Waals surface area contributed by atoms with Gasteiger partial charge in [0.1, 0.15) is 5.82 Å². The lowest BCUT2D eigenvalue weighted by atomic mass is 9.91. The van der Waals surface area contributed by atoms with E-state index in [1.807, 2.05) is 26.0 Å². The van der Waals surface area contributed by atoms with Crippen molar-refractivity contribution in [3.63, 3.8) is 0 Å². The molecule has 0 aliphatic carbocycles. The number of aliphatic hydroxyl groups is 1. The molecule has 2 aromatic carbocycles. The standard InChI is InChI=1S/C26H27F4N3O/c1-4-6-19(3)13-15-32(14-5-2)18-25(34,26(28,29)30)21-7-12-24-20(16-21)17-31-33(24)23-10-8-22(27)9-11-23/h4-13,15-17,19,34H,2,14,18H2,1,3H3/b6-4-,15-13-. The van der Waals surface area contributed by atoms with Crippen LogP contribution in [0.3, 0.4) is 0 Å². The summed E-state index contributed by atoms with van der Waals surface area (Å²) in [5.74, 6) is -0.388. The molecule has 1 aromatic heterocycles. The summed E-state index contributed by atoms with van der Waals surface area (Å²) >= 11 is 0. The summed E-state index contributed by atoms with van der Waals surface area (Å²) in [5.41, 5.74) is -2.33. The Labute approximate surface area is 196 Å². The fraction of sp³-hybridized carbons (Fsp3) is 0.269. The number of allylic oxidation sites excluding steroid dienone is 3. The zero-order valence-corrected chi connectivity index (χ0v) is 19.0. The van der Waals surface area contributed by atoms with Crippen molar-refractivity contribution in [1.29, 1.82) is 0 Å². The maximum absolute atomic E-state index is 14.2. The molecule has 3 rings (SSSR count). The van der Waals surface area contributed by atoms with E-state index in [4.69, 9.17) is 0 Å². The van der Waals surface area contributed by atoms with Crippen LogP contribution < -0.4 is 0 Å². The predicted molar refractivity (Wildman–Crippen MR) is 126 cm³/mol. The van der Waals surface area contributed by atoms with Gasteiger partial charge in [-0.15, -0.1) is 6.58 Å². The van der Waals surface area contributed by atoms with Crippen LogP contribution in [0.4, 0.5) is 17.6 Å². The van der Waals surface area contributed by atoms with Crippen molar-refractivity contribution in [1.82, 2.24) is 14.7 Å². The Morgan fingerprint density at radius 1 is 1.15 bits per heavy atom. The first-order valence-corrected chi connectivity index (χ1v) is 10.8. The summed E-state index contributed by atoms with van der Waals surface area (Å²) in [5, 5.41) is 15.6. The van der Waals surface area contributed by atoms with Gasteiger partial charge in [-0.05, 0) is 61.0 Å². The van der Waals surface area contributed by atoms with Gasteiger partial charge in [0.25, 0.3) is 0 Å². The lowest BCUT2D eigenvalue weighted by Gasteiger charge is -2.35. The van der Waals surface area contributed by atoms with Crippen LogP contribution in [0, 0.1) is 11.7 Å². The lowest BCUT2D eigenvalue weighted by Crippen LogP contribution is -2.50. The molecule has 1 N–H and O–H groups in total. The fourth-order valence-electron chi connectivity index (χ4n) is 3.69. The minimum Gasteiger partial charge on any atom is -0.375 e. The number of benzene rings is 2. The zero-order valence-electron chi connectivity index (χ0n) is 19.0. The van der Waals surface area contributed by atoms with Gasteiger partial charge in [-0.3, -0.25) is 0 Å². The fourth-order valence-corrected chi connectivity index (χ4v) is 3.69. The van der Waals surface area contributed by atoms with E-state index < -0.39 is 24.1 Å². The summed E-state index contributed by atoms with van der Waals surface area (Å²) in [6.07, 6.45) is 5.04. The van der Waals surface area contributed by atoms with Crippen LogP contribution in [0.15, 0.2) is 85.7 Å². The highest BCUT2D eigenvalue weighted by atomic mass is 19.4. The third kappa shape index (κ3) is 5.39. The molecule has 0 fully saturated rings. The molecule has 0 amide bonds. The molecule has 0 saturated heterocycles. The topological polar surface area (TPSA) is 41.3 Å². The molecular weight excluding hydrogens is 446 g/mol. The van der Waals surface area contributed by atoms with Gasteiger partial charge in [0.05, 0.1) is 23.9 Å². The summed E-state index contributed by atoms with van der Waals surface area (Å²) in [6, 6.07) is 9.60. The maximum atomic E-state index is 14.2. The number of hydrogen-bond acceptors (Lipinski definition) is 3. The summed E-state index contributed by atoms with van der Waals surface area (Å²) in [4.78, 5) is 1.38. The van der Waals surface area contributed by atoms with Crippen LogP contribution in [-0.2, 0) is 5.60 Å². The van der Waals surface area contributed by atoms with Gasteiger partial charge in [0, 0.05) is 11.9 Å². The molecule has 2 unspecified atom stereocenters. The number of alkyl halides is 3. The second-order valence-electron chi connectivity index (χ2n) is 8.11. The first-order valence-electron chi connectivity index (χ1n) is 10.8. The highest BCUT2D eigenvalue weighted by molar-refractivity contribution is 5.81. The second-order valence-corrected chi connectivity index (χ2v) is 8.11. The van der Waals surface area contributed by atoms with Crippen LogP contribution in [0.5, 0.6) is 0 Å². The highest BCUT2D eigenvalue weighted by Crippen LogP contribution is 2.41. The van der Waals surface area contributed by atoms with E-state index in [-0.39, 0.29) is 18.0 Å². The Kier molecular flexibility index (Phi) is 7.61. The Morgan fingerprint density at radius 3 is 2.47 bits per heavy atom. The Hall–Kier alpha value is -3.39. The van der Waals surface area contributed by atoms with Crippen molar-refractivity contribution >= 4 is 10.9 Å². The number of halogens is 4. The smallest absolute Gasteiger partial charge is 0.375 e. The molecule has 8 heteroatoms. The Bertz CT molecular complexity index is 1180. The van der Waals surface area contributed by atoms with E-state index in [1.165, 1.54) is 64.3 Å². The van der Waals surface area contributed by atoms with Crippen LogP contribution >= 0.6 is 0 Å². The summed E-state index contributed by atoms with van der Waals surface area (Å²) in [7, 11) is 0. The summed E-state index contributed by atoms with van der Waals surface area (Å²) < 4.78 is 57.4. The number of aromatic nitrogens is 2. The molecule has 0 radical (unpaired) electrons. The van der Waals surface area contributed by atoms with E-state index in [2.05, 4.69) is 11.7 Å². The van der Waals surface area contributed by atoms with Crippen molar-refractivity contribution < 1.29 is 22.7 Å². The number of rotatable bonds is 9. The molecule has 180 valence electrons. The van der Waals surface area contributed by atoms with Gasteiger partial charge in [-0.2, -0.15) is 18.3 Å². The van der Waals surface area contributed by atoms with Crippen LogP contribution in [0.25, 0.3) is 16.6 Å². The molecule has 34 heavy (non-hydrogen) atoms. The van der Waals surface area contributed by atoms with Gasteiger partial charge in [-0.25, -0.2) is 9.07 Å². The molecule has 1 heterocycles. The number of hydrogen-bond donors (Lipinski definition) is 1. The van der Waals surface area contributed by atoms with Gasteiger partial charge < -0.3 is 10.0 Å².